The number of carbonyl (C=O) groups is 1. The number of nitrogens with one attached hydrogen (secondary N) is 1. The second kappa shape index (κ2) is 7.75. The summed E-state index contributed by atoms with van der Waals surface area (Å²) >= 11 is 0. The molecular weight excluding hydrogens is 377 g/mol. The Kier molecular flexibility index (Phi) is 4.99. The Morgan fingerprint density at radius 1 is 1.17 bits per heavy atom. The van der Waals surface area contributed by atoms with Crippen LogP contribution in [0.2, 0.25) is 0 Å². The SMILES string of the molecule is CCc1cc(=O)n(CC(=O)Nc2ccc3c(c2)OCO3)c(-c2cccc(F)c2)n1. The Morgan fingerprint density at radius 3 is 2.79 bits per heavy atom. The molecule has 0 bridgehead atoms. The van der Waals surface area contributed by atoms with E-state index < -0.39 is 11.7 Å². The van der Waals surface area contributed by atoms with Crippen LogP contribution in [0.15, 0.2) is 53.3 Å². The van der Waals surface area contributed by atoms with Crippen LogP contribution in [-0.2, 0) is 17.8 Å². The number of halogens is 1. The van der Waals surface area contributed by atoms with E-state index in [0.717, 1.165) is 0 Å². The summed E-state index contributed by atoms with van der Waals surface area (Å²) in [6.07, 6.45) is 0.543. The lowest BCUT2D eigenvalue weighted by atomic mass is 10.2. The van der Waals surface area contributed by atoms with Gasteiger partial charge in [0.05, 0.1) is 0 Å². The summed E-state index contributed by atoms with van der Waals surface area (Å²) in [4.78, 5) is 29.7. The van der Waals surface area contributed by atoms with Crippen molar-refractivity contribution in [2.45, 2.75) is 19.9 Å². The lowest BCUT2D eigenvalue weighted by molar-refractivity contribution is -0.116. The average molecular weight is 395 g/mol. The number of aromatic nitrogens is 2. The first kappa shape index (κ1) is 18.7. The molecule has 0 saturated heterocycles. The summed E-state index contributed by atoms with van der Waals surface area (Å²) in [6.45, 7) is 1.73. The summed E-state index contributed by atoms with van der Waals surface area (Å²) < 4.78 is 25.5. The first-order valence-electron chi connectivity index (χ1n) is 9.09. The van der Waals surface area contributed by atoms with Crippen molar-refractivity contribution in [2.24, 2.45) is 0 Å². The van der Waals surface area contributed by atoms with Gasteiger partial charge in [-0.2, -0.15) is 0 Å². The molecule has 0 saturated carbocycles. The molecule has 1 aliphatic heterocycles. The summed E-state index contributed by atoms with van der Waals surface area (Å²) in [5.74, 6) is 0.515. The van der Waals surface area contributed by atoms with Gasteiger partial charge in [0, 0.05) is 29.1 Å². The topological polar surface area (TPSA) is 82.5 Å². The molecule has 1 aromatic heterocycles. The van der Waals surface area contributed by atoms with Crippen LogP contribution < -0.4 is 20.3 Å². The molecule has 0 atom stereocenters. The number of rotatable bonds is 5. The van der Waals surface area contributed by atoms with Gasteiger partial charge in [-0.15, -0.1) is 0 Å². The van der Waals surface area contributed by atoms with Crippen molar-refractivity contribution in [1.29, 1.82) is 0 Å². The summed E-state index contributed by atoms with van der Waals surface area (Å²) in [7, 11) is 0. The molecule has 0 radical (unpaired) electrons. The molecule has 8 heteroatoms. The van der Waals surface area contributed by atoms with Crippen molar-refractivity contribution in [3.8, 4) is 22.9 Å². The van der Waals surface area contributed by atoms with E-state index in [9.17, 15) is 14.0 Å². The zero-order valence-corrected chi connectivity index (χ0v) is 15.6. The van der Waals surface area contributed by atoms with Crippen molar-refractivity contribution in [3.63, 3.8) is 0 Å². The number of nitrogens with zero attached hydrogens (tertiary/aromatic N) is 2. The maximum Gasteiger partial charge on any atom is 0.254 e. The first-order chi connectivity index (χ1) is 14.0. The normalized spacial score (nSPS) is 12.1. The molecule has 29 heavy (non-hydrogen) atoms. The van der Waals surface area contributed by atoms with E-state index in [4.69, 9.17) is 9.47 Å². The highest BCUT2D eigenvalue weighted by atomic mass is 19.1. The lowest BCUT2D eigenvalue weighted by Crippen LogP contribution is -2.30. The predicted octanol–water partition coefficient (Wildman–Crippen LogP) is 2.98. The van der Waals surface area contributed by atoms with Gasteiger partial charge in [-0.3, -0.25) is 14.2 Å². The smallest absolute Gasteiger partial charge is 0.254 e. The Hall–Kier alpha value is -3.68. The molecular formula is C21H18FN3O4. The third-order valence-electron chi connectivity index (χ3n) is 4.46. The van der Waals surface area contributed by atoms with Crippen LogP contribution >= 0.6 is 0 Å². The highest BCUT2D eigenvalue weighted by Crippen LogP contribution is 2.34. The maximum absolute atomic E-state index is 13.7. The second-order valence-electron chi connectivity index (χ2n) is 6.48. The molecule has 2 heterocycles. The number of anilines is 1. The molecule has 3 aromatic rings. The predicted molar refractivity (Wildman–Crippen MR) is 104 cm³/mol. The minimum absolute atomic E-state index is 0.134. The Balaban J connectivity index is 1.64. The van der Waals surface area contributed by atoms with Crippen LogP contribution in [0.3, 0.4) is 0 Å². The fourth-order valence-corrected chi connectivity index (χ4v) is 3.05. The van der Waals surface area contributed by atoms with Crippen molar-refractivity contribution in [1.82, 2.24) is 9.55 Å². The fraction of sp³-hybridized carbons (Fsp3) is 0.190. The van der Waals surface area contributed by atoms with E-state index in [1.165, 1.54) is 28.8 Å². The number of benzene rings is 2. The Labute approximate surface area is 165 Å². The van der Waals surface area contributed by atoms with E-state index in [1.807, 2.05) is 6.92 Å². The van der Waals surface area contributed by atoms with Crippen LogP contribution in [-0.4, -0.2) is 22.3 Å². The number of fused-ring (bicyclic) bond motifs is 1. The number of hydrogen-bond donors (Lipinski definition) is 1. The van der Waals surface area contributed by atoms with Crippen LogP contribution in [0.25, 0.3) is 11.4 Å². The van der Waals surface area contributed by atoms with Gasteiger partial charge in [0.15, 0.2) is 11.5 Å². The molecule has 2 aromatic carbocycles. The van der Waals surface area contributed by atoms with Crippen LogP contribution in [0.5, 0.6) is 11.5 Å². The number of amides is 1. The Bertz CT molecular complexity index is 1140. The number of ether oxygens (including phenoxy) is 2. The molecule has 1 amide bonds. The number of aryl methyl sites for hydroxylation is 1. The van der Waals surface area contributed by atoms with Gasteiger partial charge in [0.25, 0.3) is 5.56 Å². The zero-order valence-electron chi connectivity index (χ0n) is 15.6. The molecule has 1 aliphatic rings. The minimum Gasteiger partial charge on any atom is -0.454 e. The minimum atomic E-state index is -0.449. The molecule has 0 unspecified atom stereocenters. The van der Waals surface area contributed by atoms with Crippen LogP contribution in [0.4, 0.5) is 10.1 Å². The van der Waals surface area contributed by atoms with Crippen molar-refractivity contribution in [3.05, 3.63) is 70.4 Å². The molecule has 148 valence electrons. The summed E-state index contributed by atoms with van der Waals surface area (Å²) in [6, 6.07) is 12.2. The van der Waals surface area contributed by atoms with Gasteiger partial charge in [-0.1, -0.05) is 19.1 Å². The van der Waals surface area contributed by atoms with Gasteiger partial charge < -0.3 is 14.8 Å². The summed E-state index contributed by atoms with van der Waals surface area (Å²) in [5, 5.41) is 2.73. The van der Waals surface area contributed by atoms with Gasteiger partial charge in [-0.25, -0.2) is 9.37 Å². The Morgan fingerprint density at radius 2 is 2.00 bits per heavy atom. The van der Waals surface area contributed by atoms with Crippen molar-refractivity contribution < 1.29 is 18.7 Å². The number of hydrogen-bond acceptors (Lipinski definition) is 5. The van der Waals surface area contributed by atoms with E-state index in [-0.39, 0.29) is 24.7 Å². The third kappa shape index (κ3) is 3.96. The van der Waals surface area contributed by atoms with Crippen molar-refractivity contribution >= 4 is 11.6 Å². The molecule has 0 aliphatic carbocycles. The maximum atomic E-state index is 13.7. The quantitative estimate of drug-likeness (QED) is 0.718. The first-order valence-corrected chi connectivity index (χ1v) is 9.09. The molecule has 7 nitrogen and oxygen atoms in total. The van der Waals surface area contributed by atoms with E-state index >= 15 is 0 Å². The van der Waals surface area contributed by atoms with Gasteiger partial charge in [0.2, 0.25) is 12.7 Å². The van der Waals surface area contributed by atoms with Crippen LogP contribution in [0.1, 0.15) is 12.6 Å². The summed E-state index contributed by atoms with van der Waals surface area (Å²) in [5.41, 5.74) is 1.13. The lowest BCUT2D eigenvalue weighted by Gasteiger charge is -2.14. The largest absolute Gasteiger partial charge is 0.454 e. The van der Waals surface area contributed by atoms with Crippen molar-refractivity contribution in [2.75, 3.05) is 12.1 Å². The standard InChI is InChI=1S/C21H18FN3O4/c1-2-15-10-20(27)25(21(24-15)13-4-3-5-14(22)8-13)11-19(26)23-16-6-7-17-18(9-16)29-12-28-17/h3-10H,2,11-12H2,1H3,(H,23,26). The molecule has 1 N–H and O–H groups in total. The van der Waals surface area contributed by atoms with E-state index in [2.05, 4.69) is 10.3 Å². The monoisotopic (exact) mass is 395 g/mol. The molecule has 0 fully saturated rings. The van der Waals surface area contributed by atoms with Gasteiger partial charge in [0.1, 0.15) is 18.2 Å². The number of carbonyl (C=O) groups excluding carboxylic acids is 1. The fourth-order valence-electron chi connectivity index (χ4n) is 3.05. The van der Waals surface area contributed by atoms with Gasteiger partial charge >= 0.3 is 0 Å². The third-order valence-corrected chi connectivity index (χ3v) is 4.46. The van der Waals surface area contributed by atoms with E-state index in [1.54, 1.807) is 24.3 Å². The van der Waals surface area contributed by atoms with Crippen LogP contribution in [0, 0.1) is 5.82 Å². The zero-order chi connectivity index (χ0) is 20.4. The molecule has 4 rings (SSSR count). The second-order valence-corrected chi connectivity index (χ2v) is 6.48. The van der Waals surface area contributed by atoms with E-state index in [0.29, 0.717) is 34.9 Å². The molecule has 0 spiro atoms. The average Bonchev–Trinajstić information content (AvgIpc) is 3.17. The highest BCUT2D eigenvalue weighted by Gasteiger charge is 2.17. The van der Waals surface area contributed by atoms with Gasteiger partial charge in [-0.05, 0) is 30.7 Å². The highest BCUT2D eigenvalue weighted by molar-refractivity contribution is 5.91.